The number of alkyl halides is 3. The van der Waals surface area contributed by atoms with Crippen LogP contribution in [0.1, 0.15) is 40.3 Å². The largest absolute Gasteiger partial charge is 0.462 e. The van der Waals surface area contributed by atoms with Crippen LogP contribution in [-0.4, -0.2) is 31.1 Å². The zero-order valence-electron chi connectivity index (χ0n) is 11.5. The summed E-state index contributed by atoms with van der Waals surface area (Å²) in [5.74, 6) is -1.14. The van der Waals surface area contributed by atoms with Crippen LogP contribution in [-0.2, 0) is 4.74 Å². The Morgan fingerprint density at radius 1 is 1.38 bits per heavy atom. The van der Waals surface area contributed by atoms with Crippen LogP contribution in [0.4, 0.5) is 23.9 Å². The molecule has 0 saturated carbocycles. The van der Waals surface area contributed by atoms with E-state index in [1.54, 1.807) is 6.92 Å². The minimum Gasteiger partial charge on any atom is -0.462 e. The summed E-state index contributed by atoms with van der Waals surface area (Å²) in [6.07, 6.45) is -5.38. The second-order valence-electron chi connectivity index (χ2n) is 4.12. The molecule has 21 heavy (non-hydrogen) atoms. The van der Waals surface area contributed by atoms with Gasteiger partial charge in [0.2, 0.25) is 0 Å². The van der Waals surface area contributed by atoms with Crippen LogP contribution in [0.5, 0.6) is 0 Å². The van der Waals surface area contributed by atoms with Gasteiger partial charge in [0.25, 0.3) is 0 Å². The molecule has 0 bridgehead atoms. The molecule has 0 saturated heterocycles. The Hall–Kier alpha value is -1.77. The summed E-state index contributed by atoms with van der Waals surface area (Å²) in [7, 11) is 0. The lowest BCUT2D eigenvalue weighted by molar-refractivity contribution is -0.131. The number of rotatable bonds is 6. The van der Waals surface area contributed by atoms with E-state index in [0.717, 1.165) is 11.3 Å². The summed E-state index contributed by atoms with van der Waals surface area (Å²) >= 11 is 0.845. The van der Waals surface area contributed by atoms with Crippen molar-refractivity contribution in [2.75, 3.05) is 24.2 Å². The smallest absolute Gasteiger partial charge is 0.390 e. The van der Waals surface area contributed by atoms with Gasteiger partial charge in [0.05, 0.1) is 23.6 Å². The Bertz CT molecular complexity index is 541. The molecule has 0 spiro atoms. The Morgan fingerprint density at radius 2 is 2.00 bits per heavy atom. The van der Waals surface area contributed by atoms with Gasteiger partial charge in [-0.2, -0.15) is 13.2 Å². The minimum absolute atomic E-state index is 0.0690. The van der Waals surface area contributed by atoms with Gasteiger partial charge in [0.15, 0.2) is 5.78 Å². The molecule has 1 heterocycles. The number of esters is 1. The normalized spacial score (nSPS) is 11.3. The highest BCUT2D eigenvalue weighted by molar-refractivity contribution is 7.19. The SMILES string of the molecule is CCOC(=O)c1c(NCCC(F)(F)F)sc(C(C)=O)c1N. The summed E-state index contributed by atoms with van der Waals surface area (Å²) in [4.78, 5) is 23.3. The first-order valence-corrected chi connectivity index (χ1v) is 6.90. The number of carbonyl (C=O) groups excluding carboxylic acids is 2. The van der Waals surface area contributed by atoms with Gasteiger partial charge in [0, 0.05) is 13.5 Å². The average molecular weight is 324 g/mol. The molecule has 0 aliphatic rings. The lowest BCUT2D eigenvalue weighted by Crippen LogP contribution is -2.16. The van der Waals surface area contributed by atoms with Gasteiger partial charge in [-0.25, -0.2) is 4.79 Å². The molecule has 1 rings (SSSR count). The van der Waals surface area contributed by atoms with Crippen LogP contribution in [0, 0.1) is 0 Å². The predicted molar refractivity (Wildman–Crippen MR) is 73.9 cm³/mol. The van der Waals surface area contributed by atoms with Gasteiger partial charge in [-0.05, 0) is 6.92 Å². The minimum atomic E-state index is -4.32. The Labute approximate surface area is 123 Å². The Balaban J connectivity index is 3.03. The van der Waals surface area contributed by atoms with Crippen molar-refractivity contribution in [1.29, 1.82) is 0 Å². The maximum atomic E-state index is 12.1. The monoisotopic (exact) mass is 324 g/mol. The van der Waals surface area contributed by atoms with Crippen molar-refractivity contribution in [1.82, 2.24) is 0 Å². The molecule has 0 atom stereocenters. The van der Waals surface area contributed by atoms with Crippen molar-refractivity contribution < 1.29 is 27.5 Å². The van der Waals surface area contributed by atoms with E-state index in [0.29, 0.717) is 0 Å². The summed E-state index contributed by atoms with van der Waals surface area (Å²) in [6, 6.07) is 0. The van der Waals surface area contributed by atoms with Crippen molar-refractivity contribution in [2.45, 2.75) is 26.4 Å². The van der Waals surface area contributed by atoms with Crippen molar-refractivity contribution >= 4 is 33.8 Å². The van der Waals surface area contributed by atoms with Crippen LogP contribution < -0.4 is 11.1 Å². The lowest BCUT2D eigenvalue weighted by Gasteiger charge is -2.09. The fraction of sp³-hybridized carbons (Fsp3) is 0.500. The zero-order chi connectivity index (χ0) is 16.2. The van der Waals surface area contributed by atoms with Crippen molar-refractivity contribution in [3.05, 3.63) is 10.4 Å². The number of ketones is 1. The van der Waals surface area contributed by atoms with Gasteiger partial charge in [-0.15, -0.1) is 11.3 Å². The van der Waals surface area contributed by atoms with Crippen LogP contribution >= 0.6 is 11.3 Å². The first-order valence-electron chi connectivity index (χ1n) is 6.08. The predicted octanol–water partition coefficient (Wildman–Crippen LogP) is 3.07. The molecule has 0 aliphatic carbocycles. The highest BCUT2D eigenvalue weighted by Crippen LogP contribution is 2.37. The molecule has 1 aromatic heterocycles. The first kappa shape index (κ1) is 17.3. The summed E-state index contributed by atoms with van der Waals surface area (Å²) < 4.78 is 41.2. The van der Waals surface area contributed by atoms with E-state index in [2.05, 4.69) is 5.32 Å². The highest BCUT2D eigenvalue weighted by Gasteiger charge is 2.28. The van der Waals surface area contributed by atoms with Gasteiger partial charge in [-0.3, -0.25) is 4.79 Å². The molecule has 0 aromatic carbocycles. The van der Waals surface area contributed by atoms with Crippen LogP contribution in [0.15, 0.2) is 0 Å². The fourth-order valence-electron chi connectivity index (χ4n) is 1.55. The van der Waals surface area contributed by atoms with E-state index < -0.39 is 25.1 Å². The molecule has 5 nitrogen and oxygen atoms in total. The van der Waals surface area contributed by atoms with E-state index in [9.17, 15) is 22.8 Å². The highest BCUT2D eigenvalue weighted by atomic mass is 32.1. The second kappa shape index (κ2) is 6.79. The summed E-state index contributed by atoms with van der Waals surface area (Å²) in [6.45, 7) is 2.51. The zero-order valence-corrected chi connectivity index (χ0v) is 12.3. The van der Waals surface area contributed by atoms with Crippen LogP contribution in [0.2, 0.25) is 0 Å². The number of hydrogen-bond acceptors (Lipinski definition) is 6. The van der Waals surface area contributed by atoms with Crippen LogP contribution in [0.3, 0.4) is 0 Å². The first-order chi connectivity index (χ1) is 9.67. The number of halogens is 3. The third-order valence-electron chi connectivity index (χ3n) is 2.44. The number of hydrogen-bond donors (Lipinski definition) is 2. The topological polar surface area (TPSA) is 81.4 Å². The van der Waals surface area contributed by atoms with Crippen LogP contribution in [0.25, 0.3) is 0 Å². The number of thiophene rings is 1. The average Bonchev–Trinajstić information content (AvgIpc) is 2.65. The molecule has 0 radical (unpaired) electrons. The molecule has 1 aromatic rings. The van der Waals surface area contributed by atoms with Gasteiger partial charge in [0.1, 0.15) is 10.6 Å². The molecule has 118 valence electrons. The number of anilines is 2. The molecule has 0 aliphatic heterocycles. The number of nitrogens with one attached hydrogen (secondary N) is 1. The number of nitrogen functional groups attached to an aromatic ring is 1. The Kier molecular flexibility index (Phi) is 5.59. The van der Waals surface area contributed by atoms with Crippen molar-refractivity contribution in [3.8, 4) is 0 Å². The van der Waals surface area contributed by atoms with E-state index in [-0.39, 0.29) is 33.5 Å². The quantitative estimate of drug-likeness (QED) is 0.621. The number of ether oxygens (including phenoxy) is 1. The number of Topliss-reactive ketones (excluding diaryl/α,β-unsaturated/α-hetero) is 1. The van der Waals surface area contributed by atoms with E-state index in [4.69, 9.17) is 10.5 Å². The summed E-state index contributed by atoms with van der Waals surface area (Å²) in [5.41, 5.74) is 5.56. The third kappa shape index (κ3) is 4.62. The summed E-state index contributed by atoms with van der Waals surface area (Å²) in [5, 5.41) is 2.60. The van der Waals surface area contributed by atoms with Gasteiger partial charge in [-0.1, -0.05) is 0 Å². The number of carbonyl (C=O) groups is 2. The molecule has 0 amide bonds. The van der Waals surface area contributed by atoms with Crippen molar-refractivity contribution in [3.63, 3.8) is 0 Å². The Morgan fingerprint density at radius 3 is 2.48 bits per heavy atom. The fourth-order valence-corrected chi connectivity index (χ4v) is 2.58. The lowest BCUT2D eigenvalue weighted by atomic mass is 10.2. The van der Waals surface area contributed by atoms with Gasteiger partial charge < -0.3 is 15.8 Å². The molecule has 9 heteroatoms. The third-order valence-corrected chi connectivity index (χ3v) is 3.70. The maximum absolute atomic E-state index is 12.1. The van der Waals surface area contributed by atoms with E-state index >= 15 is 0 Å². The van der Waals surface area contributed by atoms with E-state index in [1.807, 2.05) is 0 Å². The standard InChI is InChI=1S/C12H15F3N2O3S/c1-3-20-11(19)7-8(16)9(6(2)18)21-10(7)17-5-4-12(13,14)15/h17H,3-5,16H2,1-2H3. The molecular formula is C12H15F3N2O3S. The second-order valence-corrected chi connectivity index (χ2v) is 5.14. The molecule has 0 fully saturated rings. The van der Waals surface area contributed by atoms with Crippen molar-refractivity contribution in [2.24, 2.45) is 0 Å². The number of nitrogens with two attached hydrogens (primary N) is 1. The molecule has 0 unspecified atom stereocenters. The maximum Gasteiger partial charge on any atom is 0.390 e. The van der Waals surface area contributed by atoms with E-state index in [1.165, 1.54) is 6.92 Å². The van der Waals surface area contributed by atoms with Gasteiger partial charge >= 0.3 is 12.1 Å². The molecule has 3 N–H and O–H groups in total. The molecular weight excluding hydrogens is 309 g/mol.